The molecule has 0 saturated carbocycles. The van der Waals surface area contributed by atoms with Crippen molar-refractivity contribution >= 4 is 39.8 Å². The molecule has 2 bridgehead atoms. The molecular formula is C34H26F2N4O5. The van der Waals surface area contributed by atoms with Crippen LogP contribution in [0.4, 0.5) is 25.8 Å². The van der Waals surface area contributed by atoms with E-state index in [4.69, 9.17) is 4.42 Å². The molecular weight excluding hydrogens is 582 g/mol. The molecule has 9 nitrogen and oxygen atoms in total. The monoisotopic (exact) mass is 608 g/mol. The van der Waals surface area contributed by atoms with Crippen molar-refractivity contribution in [1.29, 1.82) is 0 Å². The number of anilines is 3. The zero-order valence-electron chi connectivity index (χ0n) is 23.8. The molecule has 0 aliphatic carbocycles. The minimum Gasteiger partial charge on any atom is -0.422 e. The van der Waals surface area contributed by atoms with Gasteiger partial charge in [0, 0.05) is 60.0 Å². The number of hydrogen-bond donors (Lipinski definition) is 2. The van der Waals surface area contributed by atoms with Crippen LogP contribution in [0.2, 0.25) is 0 Å². The first-order valence-electron chi connectivity index (χ1n) is 14.4. The van der Waals surface area contributed by atoms with Crippen LogP contribution in [0.3, 0.4) is 0 Å². The first-order chi connectivity index (χ1) is 21.7. The van der Waals surface area contributed by atoms with Crippen molar-refractivity contribution in [2.45, 2.75) is 18.9 Å². The van der Waals surface area contributed by atoms with Crippen molar-refractivity contribution in [3.05, 3.63) is 134 Å². The number of benzene rings is 3. The largest absolute Gasteiger partial charge is 0.422 e. The maximum Gasteiger partial charge on any atom is 0.349 e. The number of para-hydroxylation sites is 1. The number of carbonyl (C=O) groups excluding carboxylic acids is 2. The summed E-state index contributed by atoms with van der Waals surface area (Å²) in [5, 5.41) is 5.93. The molecule has 2 atom stereocenters. The fourth-order valence-electron chi connectivity index (χ4n) is 6.33. The van der Waals surface area contributed by atoms with Gasteiger partial charge in [0.25, 0.3) is 17.4 Å². The fourth-order valence-corrected chi connectivity index (χ4v) is 6.33. The zero-order valence-corrected chi connectivity index (χ0v) is 23.8. The summed E-state index contributed by atoms with van der Waals surface area (Å²) >= 11 is 0. The molecule has 2 N–H and O–H groups in total. The Hall–Kier alpha value is -5.58. The highest BCUT2D eigenvalue weighted by Gasteiger charge is 2.35. The third kappa shape index (κ3) is 5.37. The molecule has 2 amide bonds. The van der Waals surface area contributed by atoms with Crippen LogP contribution in [-0.2, 0) is 6.54 Å². The van der Waals surface area contributed by atoms with Gasteiger partial charge in [-0.05, 0) is 60.9 Å². The SMILES string of the molecule is O=C(Nc1ccc(F)c(F)c1)c1ccc(N2C[C@H]3C[C@@H](C2)c2cccc(=O)n2C3)c(NC(=O)c2cc3ccccc3oc2=O)c1. The molecule has 1 saturated heterocycles. The third-order valence-corrected chi connectivity index (χ3v) is 8.39. The first kappa shape index (κ1) is 28.2. The molecule has 7 rings (SSSR count). The third-order valence-electron chi connectivity index (χ3n) is 8.39. The molecule has 4 heterocycles. The summed E-state index contributed by atoms with van der Waals surface area (Å²) in [6, 6.07) is 21.3. The molecule has 0 unspecified atom stereocenters. The van der Waals surface area contributed by atoms with E-state index in [2.05, 4.69) is 15.5 Å². The Balaban J connectivity index is 1.24. The van der Waals surface area contributed by atoms with Gasteiger partial charge in [0.15, 0.2) is 11.6 Å². The average molecular weight is 609 g/mol. The standard InChI is InChI=1S/C34H26F2N4O5/c35-25-10-9-23(15-26(25)36)37-32(42)21-8-11-29(39-16-19-12-22(18-39)28-5-3-7-31(41)40(28)17-19)27(14-21)38-33(43)24-13-20-4-1-2-6-30(20)45-34(24)44/h1-11,13-15,19,22H,12,16-18H2,(H,37,42)(H,38,43)/t19-,22+/m1/s1. The second-order valence-electron chi connectivity index (χ2n) is 11.4. The van der Waals surface area contributed by atoms with E-state index in [0.29, 0.717) is 36.3 Å². The van der Waals surface area contributed by atoms with E-state index >= 15 is 0 Å². The van der Waals surface area contributed by atoms with Crippen LogP contribution in [0.15, 0.2) is 98.9 Å². The minimum absolute atomic E-state index is 0.0331. The Morgan fingerprint density at radius 1 is 0.800 bits per heavy atom. The number of halogens is 2. The molecule has 2 aromatic heterocycles. The van der Waals surface area contributed by atoms with Gasteiger partial charge in [0.2, 0.25) is 0 Å². The molecule has 1 fully saturated rings. The zero-order chi connectivity index (χ0) is 31.2. The van der Waals surface area contributed by atoms with Gasteiger partial charge in [0.1, 0.15) is 11.1 Å². The van der Waals surface area contributed by atoms with Crippen LogP contribution >= 0.6 is 0 Å². The number of piperidine rings is 1. The maximum absolute atomic E-state index is 13.8. The van der Waals surface area contributed by atoms with E-state index in [1.54, 1.807) is 48.5 Å². The van der Waals surface area contributed by atoms with Gasteiger partial charge in [-0.3, -0.25) is 14.4 Å². The van der Waals surface area contributed by atoms with Crippen molar-refractivity contribution in [2.75, 3.05) is 28.6 Å². The van der Waals surface area contributed by atoms with E-state index in [-0.39, 0.29) is 39.9 Å². The molecule has 0 spiro atoms. The average Bonchev–Trinajstić information content (AvgIpc) is 3.03. The summed E-state index contributed by atoms with van der Waals surface area (Å²) in [7, 11) is 0. The summed E-state index contributed by atoms with van der Waals surface area (Å²) in [4.78, 5) is 54.1. The summed E-state index contributed by atoms with van der Waals surface area (Å²) in [6.45, 7) is 1.72. The van der Waals surface area contributed by atoms with Crippen LogP contribution in [0.1, 0.15) is 38.7 Å². The highest BCUT2D eigenvalue weighted by molar-refractivity contribution is 6.09. The van der Waals surface area contributed by atoms with Crippen molar-refractivity contribution in [2.24, 2.45) is 5.92 Å². The topological polar surface area (TPSA) is 114 Å². The smallest absolute Gasteiger partial charge is 0.349 e. The molecule has 2 aliphatic rings. The van der Waals surface area contributed by atoms with Crippen molar-refractivity contribution in [1.82, 2.24) is 4.57 Å². The van der Waals surface area contributed by atoms with Crippen LogP contribution < -0.4 is 26.7 Å². The van der Waals surface area contributed by atoms with Crippen LogP contribution in [0.25, 0.3) is 11.0 Å². The predicted octanol–water partition coefficient (Wildman–Crippen LogP) is 5.36. The fraction of sp³-hybridized carbons (Fsp3) is 0.176. The number of pyridine rings is 1. The summed E-state index contributed by atoms with van der Waals surface area (Å²) in [5.41, 5.74) is 1.33. The van der Waals surface area contributed by atoms with Crippen LogP contribution in [0.5, 0.6) is 0 Å². The number of nitrogens with zero attached hydrogens (tertiary/aromatic N) is 2. The Kier molecular flexibility index (Phi) is 7.00. The van der Waals surface area contributed by atoms with Gasteiger partial charge >= 0.3 is 5.63 Å². The van der Waals surface area contributed by atoms with E-state index in [9.17, 15) is 28.0 Å². The molecule has 0 radical (unpaired) electrons. The summed E-state index contributed by atoms with van der Waals surface area (Å²) in [6.07, 6.45) is 0.911. The number of fused-ring (bicyclic) bond motifs is 5. The molecule has 11 heteroatoms. The first-order valence-corrected chi connectivity index (χ1v) is 14.4. The van der Waals surface area contributed by atoms with E-state index in [1.807, 2.05) is 10.6 Å². The van der Waals surface area contributed by atoms with Crippen molar-refractivity contribution in [3.63, 3.8) is 0 Å². The summed E-state index contributed by atoms with van der Waals surface area (Å²) in [5.74, 6) is -3.24. The van der Waals surface area contributed by atoms with Gasteiger partial charge in [-0.1, -0.05) is 24.3 Å². The van der Waals surface area contributed by atoms with Gasteiger partial charge < -0.3 is 24.5 Å². The van der Waals surface area contributed by atoms with E-state index < -0.39 is 29.1 Å². The number of rotatable bonds is 5. The summed E-state index contributed by atoms with van der Waals surface area (Å²) < 4.78 is 34.4. The number of carbonyl (C=O) groups is 2. The lowest BCUT2D eigenvalue weighted by molar-refractivity contribution is 0.101. The minimum atomic E-state index is -1.11. The van der Waals surface area contributed by atoms with E-state index in [1.165, 1.54) is 18.2 Å². The van der Waals surface area contributed by atoms with Crippen LogP contribution in [0, 0.1) is 17.6 Å². The molecule has 5 aromatic rings. The highest BCUT2D eigenvalue weighted by atomic mass is 19.2. The molecule has 2 aliphatic heterocycles. The second kappa shape index (κ2) is 11.2. The number of hydrogen-bond acceptors (Lipinski definition) is 6. The number of nitrogens with one attached hydrogen (secondary N) is 2. The Labute approximate surface area is 254 Å². The Bertz CT molecular complexity index is 2120. The Morgan fingerprint density at radius 3 is 2.49 bits per heavy atom. The lowest BCUT2D eigenvalue weighted by atomic mass is 9.83. The van der Waals surface area contributed by atoms with Crippen LogP contribution in [-0.4, -0.2) is 29.5 Å². The number of amides is 2. The van der Waals surface area contributed by atoms with Gasteiger partial charge in [-0.25, -0.2) is 13.6 Å². The Morgan fingerprint density at radius 2 is 1.64 bits per heavy atom. The second-order valence-corrected chi connectivity index (χ2v) is 11.4. The molecule has 45 heavy (non-hydrogen) atoms. The van der Waals surface area contributed by atoms with Crippen molar-refractivity contribution in [3.8, 4) is 0 Å². The normalized spacial score (nSPS) is 17.1. The lowest BCUT2D eigenvalue weighted by Gasteiger charge is -2.44. The number of aromatic nitrogens is 1. The van der Waals surface area contributed by atoms with E-state index in [0.717, 1.165) is 24.2 Å². The van der Waals surface area contributed by atoms with Gasteiger partial charge in [0.05, 0.1) is 11.4 Å². The predicted molar refractivity (Wildman–Crippen MR) is 165 cm³/mol. The molecule has 3 aromatic carbocycles. The van der Waals surface area contributed by atoms with Gasteiger partial charge in [-0.2, -0.15) is 0 Å². The van der Waals surface area contributed by atoms with Crippen molar-refractivity contribution < 1.29 is 22.8 Å². The lowest BCUT2D eigenvalue weighted by Crippen LogP contribution is -2.47. The quantitative estimate of drug-likeness (QED) is 0.260. The highest BCUT2D eigenvalue weighted by Crippen LogP contribution is 2.39. The maximum atomic E-state index is 13.8. The van der Waals surface area contributed by atoms with Gasteiger partial charge in [-0.15, -0.1) is 0 Å². The molecule has 226 valence electrons.